The molecule has 4 nitrogen and oxygen atoms in total. The van der Waals surface area contributed by atoms with Gasteiger partial charge >= 0.3 is 0 Å². The highest BCUT2D eigenvalue weighted by Gasteiger charge is 2.11. The fourth-order valence-electron chi connectivity index (χ4n) is 1.80. The Balaban J connectivity index is 1.98. The largest absolute Gasteiger partial charge is 0.489 e. The molecule has 23 heavy (non-hydrogen) atoms. The standard InChI is InChI=1S/C17H15ClN2O2S/c1-2-10-22-13-7-5-6-12(11-13)19-17(23)20-16(21)14-8-3-4-9-15(14)18/h2-9,11H,1,10H2,(H2,19,20,21,23). The van der Waals surface area contributed by atoms with Gasteiger partial charge in [-0.15, -0.1) is 0 Å². The first kappa shape index (κ1) is 17.0. The van der Waals surface area contributed by atoms with Crippen molar-refractivity contribution in [2.24, 2.45) is 0 Å². The first-order valence-electron chi connectivity index (χ1n) is 6.81. The summed E-state index contributed by atoms with van der Waals surface area (Å²) in [5, 5.41) is 6.06. The van der Waals surface area contributed by atoms with Gasteiger partial charge in [-0.3, -0.25) is 10.1 Å². The summed E-state index contributed by atoms with van der Waals surface area (Å²) in [5.74, 6) is 0.308. The number of thiocarbonyl (C=S) groups is 1. The van der Waals surface area contributed by atoms with Gasteiger partial charge in [-0.05, 0) is 36.5 Å². The Kier molecular flexibility index (Phi) is 6.14. The van der Waals surface area contributed by atoms with E-state index in [0.29, 0.717) is 28.6 Å². The molecule has 2 aromatic rings. The quantitative estimate of drug-likeness (QED) is 0.634. The Hall–Kier alpha value is -2.37. The maximum atomic E-state index is 12.1. The van der Waals surface area contributed by atoms with Crippen molar-refractivity contribution in [3.8, 4) is 5.75 Å². The molecule has 0 saturated heterocycles. The number of rotatable bonds is 5. The molecule has 2 rings (SSSR count). The topological polar surface area (TPSA) is 50.4 Å². The number of nitrogens with one attached hydrogen (secondary N) is 2. The van der Waals surface area contributed by atoms with E-state index in [9.17, 15) is 4.79 Å². The highest BCUT2D eigenvalue weighted by molar-refractivity contribution is 7.80. The van der Waals surface area contributed by atoms with Gasteiger partial charge in [0.05, 0.1) is 10.6 Å². The lowest BCUT2D eigenvalue weighted by Crippen LogP contribution is -2.34. The van der Waals surface area contributed by atoms with E-state index in [4.69, 9.17) is 28.6 Å². The second kappa shape index (κ2) is 8.31. The molecular weight excluding hydrogens is 332 g/mol. The van der Waals surface area contributed by atoms with Crippen molar-refractivity contribution in [2.45, 2.75) is 0 Å². The Morgan fingerprint density at radius 3 is 2.78 bits per heavy atom. The third-order valence-electron chi connectivity index (χ3n) is 2.81. The summed E-state index contributed by atoms with van der Waals surface area (Å²) in [6.07, 6.45) is 1.66. The first-order valence-corrected chi connectivity index (χ1v) is 7.59. The number of anilines is 1. The van der Waals surface area contributed by atoms with Gasteiger partial charge in [0.25, 0.3) is 5.91 Å². The van der Waals surface area contributed by atoms with Crippen LogP contribution in [-0.4, -0.2) is 17.6 Å². The highest BCUT2D eigenvalue weighted by Crippen LogP contribution is 2.18. The van der Waals surface area contributed by atoms with Crippen molar-refractivity contribution >= 4 is 40.5 Å². The third-order valence-corrected chi connectivity index (χ3v) is 3.34. The average molecular weight is 347 g/mol. The monoisotopic (exact) mass is 346 g/mol. The zero-order valence-electron chi connectivity index (χ0n) is 12.2. The molecule has 0 fully saturated rings. The van der Waals surface area contributed by atoms with Crippen LogP contribution in [0.1, 0.15) is 10.4 Å². The summed E-state index contributed by atoms with van der Waals surface area (Å²) < 4.78 is 5.44. The van der Waals surface area contributed by atoms with Crippen molar-refractivity contribution in [1.29, 1.82) is 0 Å². The van der Waals surface area contributed by atoms with Gasteiger partial charge in [0.2, 0.25) is 0 Å². The number of halogens is 1. The molecule has 0 radical (unpaired) electrons. The molecule has 0 spiro atoms. The van der Waals surface area contributed by atoms with E-state index in [1.165, 1.54) is 0 Å². The maximum absolute atomic E-state index is 12.1. The van der Waals surface area contributed by atoms with E-state index in [0.717, 1.165) is 0 Å². The normalized spacial score (nSPS) is 9.78. The lowest BCUT2D eigenvalue weighted by atomic mass is 10.2. The molecule has 2 aromatic carbocycles. The van der Waals surface area contributed by atoms with E-state index < -0.39 is 0 Å². The molecule has 0 bridgehead atoms. The van der Waals surface area contributed by atoms with Gasteiger partial charge < -0.3 is 10.1 Å². The van der Waals surface area contributed by atoms with Gasteiger partial charge in [0.15, 0.2) is 5.11 Å². The molecule has 0 aliphatic heterocycles. The van der Waals surface area contributed by atoms with Crippen LogP contribution in [0, 0.1) is 0 Å². The fraction of sp³-hybridized carbons (Fsp3) is 0.0588. The fourth-order valence-corrected chi connectivity index (χ4v) is 2.23. The molecule has 0 unspecified atom stereocenters. The maximum Gasteiger partial charge on any atom is 0.258 e. The minimum atomic E-state index is -0.368. The predicted octanol–water partition coefficient (Wildman–Crippen LogP) is 4.03. The van der Waals surface area contributed by atoms with Crippen molar-refractivity contribution in [1.82, 2.24) is 5.32 Å². The smallest absolute Gasteiger partial charge is 0.258 e. The molecule has 6 heteroatoms. The molecule has 0 aromatic heterocycles. The van der Waals surface area contributed by atoms with Crippen LogP contribution in [0.2, 0.25) is 5.02 Å². The van der Waals surface area contributed by atoms with E-state index in [-0.39, 0.29) is 11.0 Å². The molecular formula is C17H15ClN2O2S. The Bertz CT molecular complexity index is 734. The molecule has 0 aliphatic carbocycles. The van der Waals surface area contributed by atoms with Crippen LogP contribution in [0.5, 0.6) is 5.75 Å². The summed E-state index contributed by atoms with van der Waals surface area (Å²) in [6.45, 7) is 4.01. The number of hydrogen-bond acceptors (Lipinski definition) is 3. The van der Waals surface area contributed by atoms with Crippen LogP contribution in [0.4, 0.5) is 5.69 Å². The van der Waals surface area contributed by atoms with Crippen molar-refractivity contribution in [2.75, 3.05) is 11.9 Å². The number of hydrogen-bond donors (Lipinski definition) is 2. The number of amides is 1. The van der Waals surface area contributed by atoms with Crippen LogP contribution >= 0.6 is 23.8 Å². The summed E-state index contributed by atoms with van der Waals surface area (Å²) >= 11 is 11.1. The Labute approximate surface area is 145 Å². The summed E-state index contributed by atoms with van der Waals surface area (Å²) in [4.78, 5) is 12.1. The van der Waals surface area contributed by atoms with Gasteiger partial charge in [0.1, 0.15) is 12.4 Å². The van der Waals surface area contributed by atoms with Crippen LogP contribution in [0.15, 0.2) is 61.2 Å². The number of carbonyl (C=O) groups excluding carboxylic acids is 1. The van der Waals surface area contributed by atoms with Crippen molar-refractivity contribution in [3.63, 3.8) is 0 Å². The van der Waals surface area contributed by atoms with E-state index in [1.54, 1.807) is 36.4 Å². The van der Waals surface area contributed by atoms with Crippen LogP contribution in [0.25, 0.3) is 0 Å². The Morgan fingerprint density at radius 2 is 2.04 bits per heavy atom. The lowest BCUT2D eigenvalue weighted by molar-refractivity contribution is 0.0978. The summed E-state index contributed by atoms with van der Waals surface area (Å²) in [6, 6.07) is 14.0. The number of benzene rings is 2. The SMILES string of the molecule is C=CCOc1cccc(NC(=S)NC(=O)c2ccccc2Cl)c1. The molecule has 118 valence electrons. The molecule has 0 saturated carbocycles. The predicted molar refractivity (Wildman–Crippen MR) is 97.3 cm³/mol. The van der Waals surface area contributed by atoms with Crippen LogP contribution in [-0.2, 0) is 0 Å². The van der Waals surface area contributed by atoms with Gasteiger partial charge in [0, 0.05) is 11.8 Å². The second-order valence-electron chi connectivity index (χ2n) is 4.52. The van der Waals surface area contributed by atoms with Crippen molar-refractivity contribution in [3.05, 3.63) is 71.8 Å². The molecule has 2 N–H and O–H groups in total. The lowest BCUT2D eigenvalue weighted by Gasteiger charge is -2.11. The summed E-state index contributed by atoms with van der Waals surface area (Å²) in [7, 11) is 0. The van der Waals surface area contributed by atoms with Gasteiger partial charge in [-0.2, -0.15) is 0 Å². The Morgan fingerprint density at radius 1 is 1.26 bits per heavy atom. The molecule has 1 amide bonds. The number of carbonyl (C=O) groups is 1. The highest BCUT2D eigenvalue weighted by atomic mass is 35.5. The minimum absolute atomic E-state index is 0.177. The van der Waals surface area contributed by atoms with Gasteiger partial charge in [-0.1, -0.05) is 42.5 Å². The van der Waals surface area contributed by atoms with E-state index in [2.05, 4.69) is 17.2 Å². The van der Waals surface area contributed by atoms with E-state index >= 15 is 0 Å². The third kappa shape index (κ3) is 5.09. The zero-order chi connectivity index (χ0) is 16.7. The van der Waals surface area contributed by atoms with Crippen LogP contribution in [0.3, 0.4) is 0 Å². The van der Waals surface area contributed by atoms with E-state index in [1.807, 2.05) is 18.2 Å². The van der Waals surface area contributed by atoms with Crippen LogP contribution < -0.4 is 15.4 Å². The summed E-state index contributed by atoms with van der Waals surface area (Å²) in [5.41, 5.74) is 1.07. The number of ether oxygens (including phenoxy) is 1. The molecule has 0 aliphatic rings. The minimum Gasteiger partial charge on any atom is -0.489 e. The average Bonchev–Trinajstić information content (AvgIpc) is 2.53. The van der Waals surface area contributed by atoms with Crippen molar-refractivity contribution < 1.29 is 9.53 Å². The van der Waals surface area contributed by atoms with Gasteiger partial charge in [-0.25, -0.2) is 0 Å². The molecule has 0 heterocycles. The molecule has 0 atom stereocenters. The zero-order valence-corrected chi connectivity index (χ0v) is 13.8. The first-order chi connectivity index (χ1) is 11.1. The second-order valence-corrected chi connectivity index (χ2v) is 5.33.